The molecule has 4 rings (SSSR count). The van der Waals surface area contributed by atoms with E-state index in [4.69, 9.17) is 25.8 Å². The van der Waals surface area contributed by atoms with E-state index < -0.39 is 42.4 Å². The zero-order chi connectivity index (χ0) is 24.6. The molecule has 180 valence electrons. The van der Waals surface area contributed by atoms with Crippen molar-refractivity contribution >= 4 is 17.6 Å². The summed E-state index contributed by atoms with van der Waals surface area (Å²) in [6, 6.07) is 8.25. The van der Waals surface area contributed by atoms with Crippen LogP contribution in [0.25, 0.3) is 5.69 Å². The first-order valence-corrected chi connectivity index (χ1v) is 10.5. The molecular formula is C22H18ClF4N3O4. The monoisotopic (exact) mass is 499 g/mol. The van der Waals surface area contributed by atoms with Crippen LogP contribution < -0.4 is 4.74 Å². The van der Waals surface area contributed by atoms with Gasteiger partial charge in [0.15, 0.2) is 17.4 Å². The summed E-state index contributed by atoms with van der Waals surface area (Å²) in [4.78, 5) is 12.3. The topological polar surface area (TPSA) is 75.5 Å². The van der Waals surface area contributed by atoms with Gasteiger partial charge >= 0.3 is 12.1 Å². The molecule has 0 bridgehead atoms. The van der Waals surface area contributed by atoms with Crippen molar-refractivity contribution in [3.8, 4) is 11.4 Å². The quantitative estimate of drug-likeness (QED) is 0.355. The summed E-state index contributed by atoms with van der Waals surface area (Å²) in [6.45, 7) is 1.65. The molecule has 3 aromatic rings. The van der Waals surface area contributed by atoms with Crippen LogP contribution in [-0.4, -0.2) is 34.5 Å². The van der Waals surface area contributed by atoms with Crippen LogP contribution in [0, 0.1) is 5.82 Å². The van der Waals surface area contributed by atoms with E-state index in [0.29, 0.717) is 0 Å². The van der Waals surface area contributed by atoms with Crippen molar-refractivity contribution < 1.29 is 36.6 Å². The first-order valence-electron chi connectivity index (χ1n) is 10.1. The largest absolute Gasteiger partial charge is 0.493 e. The molecule has 12 heteroatoms. The van der Waals surface area contributed by atoms with Gasteiger partial charge in [0, 0.05) is 16.1 Å². The minimum atomic E-state index is -4.87. The summed E-state index contributed by atoms with van der Waals surface area (Å²) in [5.41, 5.74) is 0.376. The third-order valence-corrected chi connectivity index (χ3v) is 5.42. The van der Waals surface area contributed by atoms with Crippen molar-refractivity contribution in [1.29, 1.82) is 0 Å². The van der Waals surface area contributed by atoms with Gasteiger partial charge in [-0.05, 0) is 31.2 Å². The highest BCUT2D eigenvalue weighted by atomic mass is 35.5. The minimum absolute atomic E-state index is 0.0133. The first kappa shape index (κ1) is 24.0. The standard InChI is InChI=1S/C22H18ClF4N3O4/c1-3-33-17(31)10-16-20-28-29-21(22(25,26)27)30(20)15-8-7-11(23)9-13(15)18(34-16)12-5-4-6-14(24)19(12)32-2/h4-9,16,18H,3,10H2,1-2H3. The maximum absolute atomic E-state index is 14.5. The average Bonchev–Trinajstić information content (AvgIpc) is 3.17. The lowest BCUT2D eigenvalue weighted by molar-refractivity contribution is -0.147. The number of alkyl halides is 3. The van der Waals surface area contributed by atoms with Gasteiger partial charge in [-0.15, -0.1) is 10.2 Å². The van der Waals surface area contributed by atoms with E-state index in [1.165, 1.54) is 43.5 Å². The summed E-state index contributed by atoms with van der Waals surface area (Å²) >= 11 is 6.18. The molecule has 0 aliphatic carbocycles. The lowest BCUT2D eigenvalue weighted by atomic mass is 9.98. The Bertz CT molecular complexity index is 1230. The summed E-state index contributed by atoms with van der Waals surface area (Å²) in [6.07, 6.45) is -7.81. The number of benzene rings is 2. The number of halogens is 5. The maximum atomic E-state index is 14.5. The first-order chi connectivity index (χ1) is 16.2. The van der Waals surface area contributed by atoms with Crippen LogP contribution in [0.2, 0.25) is 5.02 Å². The third-order valence-electron chi connectivity index (χ3n) is 5.18. The highest BCUT2D eigenvalue weighted by Crippen LogP contribution is 2.46. The molecule has 0 N–H and O–H groups in total. The molecule has 1 aliphatic heterocycles. The van der Waals surface area contributed by atoms with Gasteiger partial charge < -0.3 is 14.2 Å². The number of ether oxygens (including phenoxy) is 3. The number of rotatable bonds is 5. The second kappa shape index (κ2) is 9.22. The highest BCUT2D eigenvalue weighted by molar-refractivity contribution is 6.30. The van der Waals surface area contributed by atoms with Gasteiger partial charge in [0.05, 0.1) is 25.8 Å². The summed E-state index contributed by atoms with van der Waals surface area (Å²) in [5.74, 6) is -3.16. The average molecular weight is 500 g/mol. The van der Waals surface area contributed by atoms with Crippen LogP contribution in [0.15, 0.2) is 36.4 Å². The maximum Gasteiger partial charge on any atom is 0.452 e. The van der Waals surface area contributed by atoms with Crippen LogP contribution in [0.1, 0.15) is 48.3 Å². The number of carbonyl (C=O) groups is 1. The number of esters is 1. The molecule has 0 fully saturated rings. The van der Waals surface area contributed by atoms with E-state index in [-0.39, 0.29) is 40.0 Å². The molecule has 0 saturated carbocycles. The Morgan fingerprint density at radius 3 is 2.65 bits per heavy atom. The summed E-state index contributed by atoms with van der Waals surface area (Å²) in [5, 5.41) is 7.23. The lowest BCUT2D eigenvalue weighted by Crippen LogP contribution is -2.18. The number of hydrogen-bond acceptors (Lipinski definition) is 6. The van der Waals surface area contributed by atoms with Crippen molar-refractivity contribution in [2.24, 2.45) is 0 Å². The summed E-state index contributed by atoms with van der Waals surface area (Å²) < 4.78 is 73.2. The van der Waals surface area contributed by atoms with Gasteiger partial charge in [0.2, 0.25) is 5.82 Å². The van der Waals surface area contributed by atoms with Crippen molar-refractivity contribution in [3.63, 3.8) is 0 Å². The fraction of sp³-hybridized carbons (Fsp3) is 0.318. The van der Waals surface area contributed by atoms with E-state index in [0.717, 1.165) is 4.57 Å². The molecule has 0 amide bonds. The van der Waals surface area contributed by atoms with Crippen LogP contribution in [0.3, 0.4) is 0 Å². The number of aromatic nitrogens is 3. The predicted molar refractivity (Wildman–Crippen MR) is 111 cm³/mol. The Balaban J connectivity index is 2.00. The number of hydrogen-bond donors (Lipinski definition) is 0. The molecule has 1 aromatic heterocycles. The third kappa shape index (κ3) is 4.32. The smallest absolute Gasteiger partial charge is 0.452 e. The molecule has 2 atom stereocenters. The van der Waals surface area contributed by atoms with Crippen molar-refractivity contribution in [3.05, 3.63) is 70.0 Å². The van der Waals surface area contributed by atoms with Crippen molar-refractivity contribution in [1.82, 2.24) is 14.8 Å². The number of methoxy groups -OCH3 is 1. The van der Waals surface area contributed by atoms with E-state index in [1.54, 1.807) is 6.92 Å². The Morgan fingerprint density at radius 2 is 1.97 bits per heavy atom. The molecule has 0 spiro atoms. The molecule has 0 radical (unpaired) electrons. The Hall–Kier alpha value is -3.18. The number of fused-ring (bicyclic) bond motifs is 3. The van der Waals surface area contributed by atoms with Gasteiger partial charge in [-0.1, -0.05) is 23.7 Å². The Morgan fingerprint density at radius 1 is 1.21 bits per heavy atom. The molecule has 34 heavy (non-hydrogen) atoms. The second-order valence-electron chi connectivity index (χ2n) is 7.29. The number of para-hydroxylation sites is 1. The molecule has 1 aliphatic rings. The van der Waals surface area contributed by atoms with E-state index >= 15 is 0 Å². The minimum Gasteiger partial charge on any atom is -0.493 e. The van der Waals surface area contributed by atoms with Crippen LogP contribution >= 0.6 is 11.6 Å². The fourth-order valence-corrected chi connectivity index (χ4v) is 4.04. The Kier molecular flexibility index (Phi) is 6.50. The van der Waals surface area contributed by atoms with Gasteiger partial charge in [0.1, 0.15) is 12.2 Å². The van der Waals surface area contributed by atoms with Crippen molar-refractivity contribution in [2.45, 2.75) is 31.7 Å². The number of carbonyl (C=O) groups excluding carboxylic acids is 1. The van der Waals surface area contributed by atoms with Crippen LogP contribution in [0.5, 0.6) is 5.75 Å². The zero-order valence-corrected chi connectivity index (χ0v) is 18.7. The fourth-order valence-electron chi connectivity index (χ4n) is 3.86. The summed E-state index contributed by atoms with van der Waals surface area (Å²) in [7, 11) is 1.25. The van der Waals surface area contributed by atoms with E-state index in [9.17, 15) is 22.4 Å². The number of nitrogens with zero attached hydrogens (tertiary/aromatic N) is 3. The molecule has 0 saturated heterocycles. The molecular weight excluding hydrogens is 482 g/mol. The second-order valence-corrected chi connectivity index (χ2v) is 7.73. The van der Waals surface area contributed by atoms with Crippen molar-refractivity contribution in [2.75, 3.05) is 13.7 Å². The van der Waals surface area contributed by atoms with Gasteiger partial charge in [-0.2, -0.15) is 13.2 Å². The van der Waals surface area contributed by atoms with Gasteiger partial charge in [0.25, 0.3) is 0 Å². The normalized spacial score (nSPS) is 17.5. The van der Waals surface area contributed by atoms with Crippen LogP contribution in [0.4, 0.5) is 17.6 Å². The zero-order valence-electron chi connectivity index (χ0n) is 17.9. The molecule has 2 unspecified atom stereocenters. The molecule has 2 heterocycles. The van der Waals surface area contributed by atoms with E-state index in [2.05, 4.69) is 10.2 Å². The Labute approximate surface area is 196 Å². The molecule has 2 aromatic carbocycles. The predicted octanol–water partition coefficient (Wildman–Crippen LogP) is 5.20. The molecule has 7 nitrogen and oxygen atoms in total. The lowest BCUT2D eigenvalue weighted by Gasteiger charge is -2.24. The SMILES string of the molecule is CCOC(=O)CC1OC(c2cccc(F)c2OC)c2cc(Cl)ccc2-n2c1nnc2C(F)(F)F. The van der Waals surface area contributed by atoms with Gasteiger partial charge in [-0.25, -0.2) is 4.39 Å². The van der Waals surface area contributed by atoms with Gasteiger partial charge in [-0.3, -0.25) is 9.36 Å². The highest BCUT2D eigenvalue weighted by Gasteiger charge is 2.44. The van der Waals surface area contributed by atoms with E-state index in [1.807, 2.05) is 0 Å². The van der Waals surface area contributed by atoms with Crippen LogP contribution in [-0.2, 0) is 20.4 Å².